The van der Waals surface area contributed by atoms with Gasteiger partial charge in [-0.2, -0.15) is 5.26 Å². The minimum Gasteiger partial charge on any atom is -0.507 e. The van der Waals surface area contributed by atoms with Crippen LogP contribution in [0, 0.1) is 18.3 Å². The second kappa shape index (κ2) is 12.4. The minimum atomic E-state index is -0.517. The van der Waals surface area contributed by atoms with Crippen molar-refractivity contribution >= 4 is 34.6 Å². The Morgan fingerprint density at radius 2 is 1.60 bits per heavy atom. The molecular formula is C32H28N6O4. The number of fused-ring (bicyclic) bond motifs is 2. The lowest BCUT2D eigenvalue weighted by atomic mass is 9.83. The molecule has 0 fully saturated rings. The van der Waals surface area contributed by atoms with Crippen LogP contribution in [0.5, 0.6) is 5.75 Å². The average Bonchev–Trinajstić information content (AvgIpc) is 3.00. The number of phenols is 1. The molecule has 1 aromatic heterocycles. The van der Waals surface area contributed by atoms with Gasteiger partial charge in [0.25, 0.3) is 0 Å². The number of hydrogen-bond donors (Lipinski definition) is 3. The van der Waals surface area contributed by atoms with Gasteiger partial charge in [0, 0.05) is 36.9 Å². The Hall–Kier alpha value is -5.40. The maximum atomic E-state index is 13.5. The predicted octanol–water partition coefficient (Wildman–Crippen LogP) is 5.87. The fraction of sp³-hybridized carbons (Fsp3) is 0.188. The molecular weight excluding hydrogens is 532 g/mol. The molecule has 0 bridgehead atoms. The zero-order valence-corrected chi connectivity index (χ0v) is 23.1. The van der Waals surface area contributed by atoms with Crippen molar-refractivity contribution in [3.05, 3.63) is 106 Å². The SMILES string of the molecule is COCCNc1nc(NCCc2ccccc2)c(C#N)c(C)c1N=Nc1cccc2c1C(=O)c1c(O)cccc1C2=O. The summed E-state index contributed by atoms with van der Waals surface area (Å²) >= 11 is 0. The lowest BCUT2D eigenvalue weighted by molar-refractivity contribution is 0.0977. The summed E-state index contributed by atoms with van der Waals surface area (Å²) in [5.74, 6) is -0.386. The maximum Gasteiger partial charge on any atom is 0.200 e. The van der Waals surface area contributed by atoms with Gasteiger partial charge in [-0.1, -0.05) is 54.6 Å². The Balaban J connectivity index is 1.52. The first-order valence-electron chi connectivity index (χ1n) is 13.4. The van der Waals surface area contributed by atoms with Crippen LogP contribution in [-0.2, 0) is 11.2 Å². The number of nitrogens with zero attached hydrogens (tertiary/aromatic N) is 4. The Labute approximate surface area is 242 Å². The van der Waals surface area contributed by atoms with Crippen LogP contribution in [0.25, 0.3) is 0 Å². The Kier molecular flexibility index (Phi) is 8.32. The molecule has 1 aliphatic rings. The van der Waals surface area contributed by atoms with Gasteiger partial charge in [-0.25, -0.2) is 4.98 Å². The summed E-state index contributed by atoms with van der Waals surface area (Å²) in [6.07, 6.45) is 0.741. The van der Waals surface area contributed by atoms with Crippen LogP contribution in [0.4, 0.5) is 23.0 Å². The topological polar surface area (TPSA) is 149 Å². The van der Waals surface area contributed by atoms with Crippen molar-refractivity contribution in [2.45, 2.75) is 13.3 Å². The number of pyridine rings is 1. The average molecular weight is 561 g/mol. The van der Waals surface area contributed by atoms with E-state index in [2.05, 4.69) is 31.9 Å². The van der Waals surface area contributed by atoms with E-state index in [4.69, 9.17) is 4.74 Å². The first-order valence-corrected chi connectivity index (χ1v) is 13.4. The molecule has 5 rings (SSSR count). The number of methoxy groups -OCH3 is 1. The normalized spacial score (nSPS) is 12.1. The number of carbonyl (C=O) groups excluding carboxylic acids is 2. The second-order valence-corrected chi connectivity index (χ2v) is 9.61. The summed E-state index contributed by atoms with van der Waals surface area (Å²) in [4.78, 5) is 31.3. The molecule has 42 heavy (non-hydrogen) atoms. The molecule has 0 saturated carbocycles. The summed E-state index contributed by atoms with van der Waals surface area (Å²) in [5, 5.41) is 35.6. The Morgan fingerprint density at radius 1 is 0.881 bits per heavy atom. The van der Waals surface area contributed by atoms with E-state index in [-0.39, 0.29) is 39.5 Å². The van der Waals surface area contributed by atoms with Gasteiger partial charge in [0.2, 0.25) is 0 Å². The van der Waals surface area contributed by atoms with Crippen molar-refractivity contribution in [1.29, 1.82) is 5.26 Å². The largest absolute Gasteiger partial charge is 0.507 e. The summed E-state index contributed by atoms with van der Waals surface area (Å²) in [7, 11) is 1.59. The van der Waals surface area contributed by atoms with Gasteiger partial charge >= 0.3 is 0 Å². The molecule has 0 saturated heterocycles. The molecule has 3 aromatic carbocycles. The van der Waals surface area contributed by atoms with E-state index in [1.54, 1.807) is 32.2 Å². The molecule has 0 spiro atoms. The Bertz CT molecular complexity index is 1740. The molecule has 210 valence electrons. The minimum absolute atomic E-state index is 0.0551. The van der Waals surface area contributed by atoms with Crippen LogP contribution in [0.15, 0.2) is 77.0 Å². The van der Waals surface area contributed by atoms with E-state index in [9.17, 15) is 20.0 Å². The highest BCUT2D eigenvalue weighted by Gasteiger charge is 2.33. The third-order valence-corrected chi connectivity index (χ3v) is 6.96. The third kappa shape index (κ3) is 5.46. The molecule has 0 aliphatic heterocycles. The molecule has 3 N–H and O–H groups in total. The molecule has 4 aromatic rings. The van der Waals surface area contributed by atoms with Crippen LogP contribution in [-0.4, -0.2) is 48.5 Å². The number of ketones is 2. The van der Waals surface area contributed by atoms with E-state index in [0.29, 0.717) is 48.1 Å². The molecule has 1 aliphatic carbocycles. The van der Waals surface area contributed by atoms with Gasteiger partial charge in [0.05, 0.1) is 29.0 Å². The molecule has 1 heterocycles. The van der Waals surface area contributed by atoms with Gasteiger partial charge in [-0.15, -0.1) is 10.2 Å². The number of azo groups is 1. The van der Waals surface area contributed by atoms with Crippen molar-refractivity contribution in [3.63, 3.8) is 0 Å². The van der Waals surface area contributed by atoms with E-state index < -0.39 is 5.78 Å². The number of phenolic OH excluding ortho intramolecular Hbond substituents is 1. The first-order chi connectivity index (χ1) is 20.4. The first kappa shape index (κ1) is 28.1. The second-order valence-electron chi connectivity index (χ2n) is 9.61. The van der Waals surface area contributed by atoms with E-state index in [1.165, 1.54) is 18.2 Å². The van der Waals surface area contributed by atoms with Crippen molar-refractivity contribution in [2.24, 2.45) is 10.2 Å². The number of nitrogens with one attached hydrogen (secondary N) is 2. The highest BCUT2D eigenvalue weighted by atomic mass is 16.5. The van der Waals surface area contributed by atoms with Crippen molar-refractivity contribution in [3.8, 4) is 11.8 Å². The fourth-order valence-electron chi connectivity index (χ4n) is 4.84. The molecule has 10 heteroatoms. The van der Waals surface area contributed by atoms with Crippen LogP contribution in [0.3, 0.4) is 0 Å². The van der Waals surface area contributed by atoms with E-state index in [0.717, 1.165) is 12.0 Å². The number of anilines is 2. The van der Waals surface area contributed by atoms with Gasteiger partial charge in [0.15, 0.2) is 17.4 Å². The number of carbonyl (C=O) groups is 2. The number of rotatable bonds is 10. The maximum absolute atomic E-state index is 13.5. The fourth-order valence-corrected chi connectivity index (χ4v) is 4.84. The summed E-state index contributed by atoms with van der Waals surface area (Å²) in [6.45, 7) is 3.14. The zero-order valence-electron chi connectivity index (χ0n) is 23.1. The van der Waals surface area contributed by atoms with E-state index in [1.807, 2.05) is 30.3 Å². The van der Waals surface area contributed by atoms with Crippen molar-refractivity contribution in [2.75, 3.05) is 37.4 Å². The number of aromatic nitrogens is 1. The number of ether oxygens (including phenoxy) is 1. The van der Waals surface area contributed by atoms with Crippen LogP contribution >= 0.6 is 0 Å². The molecule has 0 atom stereocenters. The highest BCUT2D eigenvalue weighted by Crippen LogP contribution is 2.39. The lowest BCUT2D eigenvalue weighted by Crippen LogP contribution is -2.21. The number of aromatic hydroxyl groups is 1. The van der Waals surface area contributed by atoms with Gasteiger partial charge in [0.1, 0.15) is 23.3 Å². The summed E-state index contributed by atoms with van der Waals surface area (Å²) in [5.41, 5.74) is 2.79. The van der Waals surface area contributed by atoms with Crippen LogP contribution < -0.4 is 10.6 Å². The lowest BCUT2D eigenvalue weighted by Gasteiger charge is -2.19. The molecule has 10 nitrogen and oxygen atoms in total. The monoisotopic (exact) mass is 560 g/mol. The third-order valence-electron chi connectivity index (χ3n) is 6.96. The molecule has 0 amide bonds. The number of benzene rings is 3. The molecule has 0 unspecified atom stereocenters. The standard InChI is InChI=1S/C32H28N6O4/c1-19-23(18-33)31(34-15-14-20-8-4-3-5-9-20)36-32(35-16-17-42-2)28(19)38-37-24-12-6-10-21-26(24)30(41)27-22(29(21)40)11-7-13-25(27)39/h3-13,39H,14-17H2,1-2H3,(H2,34,35,36). The number of nitriles is 1. The Morgan fingerprint density at radius 3 is 2.33 bits per heavy atom. The van der Waals surface area contributed by atoms with Gasteiger partial charge in [-0.3, -0.25) is 9.59 Å². The van der Waals surface area contributed by atoms with Crippen LogP contribution in [0.2, 0.25) is 0 Å². The van der Waals surface area contributed by atoms with Crippen LogP contribution in [0.1, 0.15) is 48.5 Å². The summed E-state index contributed by atoms with van der Waals surface area (Å²) in [6, 6.07) is 21.4. The van der Waals surface area contributed by atoms with Gasteiger partial charge in [-0.05, 0) is 31.0 Å². The quantitative estimate of drug-likeness (QED) is 0.142. The van der Waals surface area contributed by atoms with E-state index >= 15 is 0 Å². The highest BCUT2D eigenvalue weighted by molar-refractivity contribution is 6.30. The van der Waals surface area contributed by atoms with Crippen molar-refractivity contribution < 1.29 is 19.4 Å². The number of hydrogen-bond acceptors (Lipinski definition) is 10. The summed E-state index contributed by atoms with van der Waals surface area (Å²) < 4.78 is 5.17. The zero-order chi connectivity index (χ0) is 29.6. The van der Waals surface area contributed by atoms with Crippen molar-refractivity contribution in [1.82, 2.24) is 4.98 Å². The predicted molar refractivity (Wildman–Crippen MR) is 158 cm³/mol. The molecule has 0 radical (unpaired) electrons. The smallest absolute Gasteiger partial charge is 0.200 e. The van der Waals surface area contributed by atoms with Gasteiger partial charge < -0.3 is 20.5 Å².